The Bertz CT molecular complexity index is 4770. The number of carbonyl (C=O) groups excluding carboxylic acids is 3. The standard InChI is InChI=1S/C26H28N4O4.C24H32N6O4.C23H30N6O4/c1-4-6-21-23-24(30(3)29-21)26(33)28-25(27-23)20-14-18(11-12-22(20)34-5-2)17-9-7-16(8-10-17)13-19(32)15-31;1-4-6-18-20-21(29(3)27-18)24(32)26-22(25-20)17-13-15(7-8-19(17)34-5-2)14-30-11-9-16(10-12-30)23(31)28-33;1-4-6-17-19-20(28(3)26-17)23(31)25-21(24-19)16-13-15(7-8-18(16)33-5-2)29-11-9-14(10-12-29)22(30)27-32/h7-12,14,31H,4-6,13,15H2,1-3H3,(H,27,28,33);7-8,13,16,33H,4-6,9-12,14H2,1-3H3,(H,28,31)(H,25,26,32);7-8,13-14,32H,4-6,9-12H2,1-3H3,(H,27,30)(H,24,25,31). The third kappa shape index (κ3) is 16.7. The summed E-state index contributed by atoms with van der Waals surface area (Å²) in [5.41, 5.74) is 15.3. The fraction of sp³-hybridized carbons (Fsp3) is 0.425. The lowest BCUT2D eigenvalue weighted by Gasteiger charge is -2.33. The lowest BCUT2D eigenvalue weighted by atomic mass is 9.95. The number of aromatic nitrogens is 12. The van der Waals surface area contributed by atoms with E-state index in [0.29, 0.717) is 144 Å². The highest BCUT2D eigenvalue weighted by atomic mass is 16.5. The molecule has 2 aliphatic rings. The zero-order chi connectivity index (χ0) is 72.0. The molecule has 8 heterocycles. The van der Waals surface area contributed by atoms with Crippen LogP contribution in [0.25, 0.3) is 78.4 Å². The molecule has 2 fully saturated rings. The van der Waals surface area contributed by atoms with Gasteiger partial charge < -0.3 is 39.2 Å². The Morgan fingerprint density at radius 3 is 1.31 bits per heavy atom. The molecule has 2 aliphatic heterocycles. The zero-order valence-electron chi connectivity index (χ0n) is 58.7. The minimum atomic E-state index is -0.462. The van der Waals surface area contributed by atoms with Gasteiger partial charge in [-0.15, -0.1) is 0 Å². The Kier molecular flexibility index (Phi) is 24.4. The minimum Gasteiger partial charge on any atom is -0.493 e. The Morgan fingerprint density at radius 1 is 0.505 bits per heavy atom. The van der Waals surface area contributed by atoms with E-state index in [4.69, 9.17) is 44.7 Å². The Hall–Kier alpha value is -10.4. The number of rotatable bonds is 24. The first-order valence-electron chi connectivity index (χ1n) is 34.6. The van der Waals surface area contributed by atoms with Crippen LogP contribution in [0.5, 0.6) is 17.2 Å². The molecule has 0 unspecified atom stereocenters. The van der Waals surface area contributed by atoms with E-state index in [1.165, 1.54) is 0 Å². The van der Waals surface area contributed by atoms with E-state index in [2.05, 4.69) is 60.8 Å². The van der Waals surface area contributed by atoms with Crippen LogP contribution in [0.15, 0.2) is 93.2 Å². The van der Waals surface area contributed by atoms with E-state index in [-0.39, 0.29) is 52.5 Å². The third-order valence-electron chi connectivity index (χ3n) is 18.1. The smallest absolute Gasteiger partial charge is 0.277 e. The number of benzene rings is 4. The Morgan fingerprint density at radius 2 is 0.891 bits per heavy atom. The van der Waals surface area contributed by atoms with Crippen molar-refractivity contribution in [1.29, 1.82) is 0 Å². The number of carbonyl (C=O) groups is 3. The fourth-order valence-electron chi connectivity index (χ4n) is 13.1. The average molecular weight is 1380 g/mol. The third-order valence-corrected chi connectivity index (χ3v) is 18.1. The van der Waals surface area contributed by atoms with Gasteiger partial charge in [0.05, 0.1) is 53.6 Å². The van der Waals surface area contributed by atoms with Crippen LogP contribution >= 0.6 is 0 Å². The second-order valence-electron chi connectivity index (χ2n) is 25.2. The van der Waals surface area contributed by atoms with Crippen LogP contribution in [-0.4, -0.2) is 150 Å². The summed E-state index contributed by atoms with van der Waals surface area (Å²) in [5.74, 6) is 2.03. The van der Waals surface area contributed by atoms with Gasteiger partial charge in [0.15, 0.2) is 22.3 Å². The summed E-state index contributed by atoms with van der Waals surface area (Å²) in [6, 6.07) is 25.2. The van der Waals surface area contributed by atoms with Crippen molar-refractivity contribution in [2.24, 2.45) is 33.0 Å². The molecule has 2 amide bonds. The fourth-order valence-corrected chi connectivity index (χ4v) is 13.1. The van der Waals surface area contributed by atoms with Gasteiger partial charge in [0, 0.05) is 64.7 Å². The molecular weight excluding hydrogens is 1290 g/mol. The van der Waals surface area contributed by atoms with Gasteiger partial charge in [0.2, 0.25) is 11.8 Å². The second kappa shape index (κ2) is 33.6. The number of ketones is 1. The van der Waals surface area contributed by atoms with E-state index in [1.54, 1.807) is 46.1 Å². The molecule has 0 radical (unpaired) electrons. The SMILES string of the molecule is CCCc1nn(C)c2c(=O)[nH]c(-c3cc(-c4ccc(CC(=O)CO)cc4)ccc3OCC)nc12.CCCc1nn(C)c2c(=O)[nH]c(-c3cc(CN4CCC(C(=O)NO)CC4)ccc3OCC)nc12.CCCc1nn(C)c2c(=O)[nH]c(-c3cc(N4CCC(C(=O)NO)CC4)ccc3OCC)nc12. The van der Waals surface area contributed by atoms with Gasteiger partial charge in [-0.05, 0) is 144 Å². The van der Waals surface area contributed by atoms with Gasteiger partial charge in [-0.3, -0.25) is 58.1 Å². The first kappa shape index (κ1) is 73.3. The molecule has 101 heavy (non-hydrogen) atoms. The average Bonchev–Trinajstić information content (AvgIpc) is 1.70. The van der Waals surface area contributed by atoms with E-state index < -0.39 is 6.61 Å². The number of aromatic amines is 3. The van der Waals surface area contributed by atoms with Gasteiger partial charge in [-0.2, -0.15) is 15.3 Å². The van der Waals surface area contributed by atoms with Crippen molar-refractivity contribution in [2.75, 3.05) is 57.5 Å². The molecule has 534 valence electrons. The number of nitrogens with zero attached hydrogens (tertiary/aromatic N) is 11. The van der Waals surface area contributed by atoms with Crippen molar-refractivity contribution in [3.63, 3.8) is 0 Å². The van der Waals surface area contributed by atoms with Crippen LogP contribution in [0.2, 0.25) is 0 Å². The van der Waals surface area contributed by atoms with Crippen LogP contribution in [0.4, 0.5) is 5.69 Å². The Labute approximate surface area is 583 Å². The van der Waals surface area contributed by atoms with Crippen molar-refractivity contribution < 1.29 is 44.1 Å². The normalized spacial score (nSPS) is 13.6. The van der Waals surface area contributed by atoms with Crippen LogP contribution in [-0.2, 0) is 67.8 Å². The van der Waals surface area contributed by atoms with Crippen LogP contribution in [0, 0.1) is 11.8 Å². The number of piperidine rings is 2. The maximum Gasteiger partial charge on any atom is 0.277 e. The Balaban J connectivity index is 0.000000163. The predicted octanol–water partition coefficient (Wildman–Crippen LogP) is 8.23. The van der Waals surface area contributed by atoms with Crippen molar-refractivity contribution in [3.05, 3.63) is 138 Å². The molecular formula is C73H90N16O12. The molecule has 12 rings (SSSR count). The lowest BCUT2D eigenvalue weighted by molar-refractivity contribution is -0.135. The number of ether oxygens (including phenoxy) is 3. The van der Waals surface area contributed by atoms with Crippen molar-refractivity contribution in [1.82, 2.24) is 75.1 Å². The zero-order valence-corrected chi connectivity index (χ0v) is 58.7. The molecule has 4 aromatic carbocycles. The van der Waals surface area contributed by atoms with Crippen LogP contribution < -0.4 is 46.7 Å². The molecule has 28 nitrogen and oxygen atoms in total. The summed E-state index contributed by atoms with van der Waals surface area (Å²) < 4.78 is 22.3. The lowest BCUT2D eigenvalue weighted by Crippen LogP contribution is -2.39. The number of amides is 2. The molecule has 0 saturated carbocycles. The van der Waals surface area contributed by atoms with Crippen molar-refractivity contribution in [3.8, 4) is 62.5 Å². The summed E-state index contributed by atoms with van der Waals surface area (Å²) in [6.07, 6.45) is 7.81. The summed E-state index contributed by atoms with van der Waals surface area (Å²) >= 11 is 0. The first-order chi connectivity index (χ1) is 48.8. The number of hydroxylamine groups is 2. The number of likely N-dealkylation sites (tertiary alicyclic amines) is 1. The molecule has 0 spiro atoms. The van der Waals surface area contributed by atoms with Gasteiger partial charge >= 0.3 is 0 Å². The number of Topliss-reactive ketones (excluding diaryl/α,β-unsaturated/α-hetero) is 1. The number of hydrogen-bond acceptors (Lipinski definition) is 20. The largest absolute Gasteiger partial charge is 0.493 e. The van der Waals surface area contributed by atoms with E-state index in [9.17, 15) is 28.8 Å². The maximum absolute atomic E-state index is 12.9. The summed E-state index contributed by atoms with van der Waals surface area (Å²) in [7, 11) is 5.27. The highest BCUT2D eigenvalue weighted by Crippen LogP contribution is 2.37. The quantitative estimate of drug-likeness (QED) is 0.0208. The number of anilines is 1. The number of hydrogen-bond donors (Lipinski definition) is 8. The topological polar surface area (TPSA) is 361 Å². The molecule has 10 aromatic rings. The minimum absolute atomic E-state index is 0.157. The molecule has 0 aliphatic carbocycles. The second-order valence-corrected chi connectivity index (χ2v) is 25.2. The summed E-state index contributed by atoms with van der Waals surface area (Å²) in [6.45, 7) is 16.5. The molecule has 0 atom stereocenters. The van der Waals surface area contributed by atoms with E-state index >= 15 is 0 Å². The molecule has 0 bridgehead atoms. The monoisotopic (exact) mass is 1380 g/mol. The number of aliphatic hydroxyl groups excluding tert-OH is 1. The number of fused-ring (bicyclic) bond motifs is 3. The van der Waals surface area contributed by atoms with E-state index in [0.717, 1.165) is 102 Å². The first-order valence-corrected chi connectivity index (χ1v) is 34.6. The maximum atomic E-state index is 12.9. The highest BCUT2D eigenvalue weighted by molar-refractivity contribution is 5.85. The molecule has 6 aromatic heterocycles. The van der Waals surface area contributed by atoms with E-state index in [1.807, 2.05) is 99.6 Å². The number of nitrogens with one attached hydrogen (secondary N) is 5. The number of aryl methyl sites for hydroxylation is 6. The van der Waals surface area contributed by atoms with Crippen molar-refractivity contribution >= 4 is 56.4 Å². The van der Waals surface area contributed by atoms with Gasteiger partial charge in [0.25, 0.3) is 16.7 Å². The van der Waals surface area contributed by atoms with Crippen molar-refractivity contribution in [2.45, 2.75) is 119 Å². The molecule has 2 saturated heterocycles. The highest BCUT2D eigenvalue weighted by Gasteiger charge is 2.29. The molecule has 28 heteroatoms. The molecule has 8 N–H and O–H groups in total. The van der Waals surface area contributed by atoms with Gasteiger partial charge in [0.1, 0.15) is 57.9 Å². The summed E-state index contributed by atoms with van der Waals surface area (Å²) in [5, 5.41) is 40.2. The number of aliphatic hydroxyl groups is 1. The van der Waals surface area contributed by atoms with Crippen LogP contribution in [0.3, 0.4) is 0 Å². The van der Waals surface area contributed by atoms with Crippen LogP contribution in [0.1, 0.15) is 115 Å². The predicted molar refractivity (Wildman–Crippen MR) is 383 cm³/mol. The summed E-state index contributed by atoms with van der Waals surface area (Å²) in [4.78, 5) is 101. The number of H-pyrrole nitrogens is 3. The van der Waals surface area contributed by atoms with Gasteiger partial charge in [-0.25, -0.2) is 25.9 Å². The van der Waals surface area contributed by atoms with Gasteiger partial charge in [-0.1, -0.05) is 76.4 Å².